The van der Waals surface area contributed by atoms with E-state index in [1.807, 2.05) is 20.8 Å². The Morgan fingerprint density at radius 3 is 2.89 bits per heavy atom. The first-order valence-electron chi connectivity index (χ1n) is 5.90. The molecule has 1 aliphatic carbocycles. The first-order chi connectivity index (χ1) is 8.42. The molecule has 2 rings (SSSR count). The maximum atomic E-state index is 11.5. The summed E-state index contributed by atoms with van der Waals surface area (Å²) in [6.07, 6.45) is 3.59. The molecule has 1 heterocycles. The molecule has 0 unspecified atom stereocenters. The van der Waals surface area contributed by atoms with E-state index in [2.05, 4.69) is 22.1 Å². The number of amides is 1. The molecule has 18 heavy (non-hydrogen) atoms. The first kappa shape index (κ1) is 12.9. The molecule has 96 valence electrons. The van der Waals surface area contributed by atoms with Crippen LogP contribution >= 0.6 is 11.3 Å². The van der Waals surface area contributed by atoms with Crippen LogP contribution in [-0.2, 0) is 4.74 Å². The van der Waals surface area contributed by atoms with Crippen molar-refractivity contribution >= 4 is 22.6 Å². The van der Waals surface area contributed by atoms with Gasteiger partial charge in [0, 0.05) is 5.92 Å². The Hall–Kier alpha value is -1.54. The summed E-state index contributed by atoms with van der Waals surface area (Å²) in [6, 6.07) is 0. The van der Waals surface area contributed by atoms with E-state index in [0.29, 0.717) is 11.0 Å². The molecule has 0 spiro atoms. The Labute approximate surface area is 111 Å². The van der Waals surface area contributed by atoms with Gasteiger partial charge in [-0.3, -0.25) is 5.32 Å². The zero-order valence-corrected chi connectivity index (χ0v) is 11.6. The summed E-state index contributed by atoms with van der Waals surface area (Å²) in [4.78, 5) is 16.5. The Kier molecular flexibility index (Phi) is 3.58. The number of ether oxygens (including phenoxy) is 1. The predicted molar refractivity (Wildman–Crippen MR) is 71.6 cm³/mol. The number of hydrogen-bond donors (Lipinski definition) is 1. The number of hydrogen-bond acceptors (Lipinski definition) is 4. The van der Waals surface area contributed by atoms with Gasteiger partial charge in [-0.2, -0.15) is 0 Å². The van der Waals surface area contributed by atoms with Gasteiger partial charge in [-0.05, 0) is 33.6 Å². The Morgan fingerprint density at radius 2 is 2.28 bits per heavy atom. The van der Waals surface area contributed by atoms with Crippen LogP contribution in [0.4, 0.5) is 9.93 Å². The number of carbonyl (C=O) groups excluding carboxylic acids is 1. The lowest BCUT2D eigenvalue weighted by Crippen LogP contribution is -2.27. The second-order valence-corrected chi connectivity index (χ2v) is 6.23. The molecule has 0 atom stereocenters. The zero-order chi connectivity index (χ0) is 13.2. The number of nitrogens with one attached hydrogen (secondary N) is 1. The molecular formula is C13H16N2O2S. The van der Waals surface area contributed by atoms with Gasteiger partial charge < -0.3 is 4.74 Å². The van der Waals surface area contributed by atoms with Gasteiger partial charge in [0.2, 0.25) is 0 Å². The third-order valence-electron chi connectivity index (χ3n) is 2.09. The average Bonchev–Trinajstić information content (AvgIpc) is 2.94. The van der Waals surface area contributed by atoms with Crippen LogP contribution in [0.2, 0.25) is 0 Å². The minimum atomic E-state index is -0.504. The molecule has 1 aromatic heterocycles. The predicted octanol–water partition coefficient (Wildman–Crippen LogP) is 3.25. The summed E-state index contributed by atoms with van der Waals surface area (Å²) in [5.41, 5.74) is -0.504. The van der Waals surface area contributed by atoms with Gasteiger partial charge in [0.05, 0.1) is 11.1 Å². The van der Waals surface area contributed by atoms with Crippen molar-refractivity contribution in [1.29, 1.82) is 0 Å². The summed E-state index contributed by atoms with van der Waals surface area (Å²) in [6.45, 7) is 5.46. The molecule has 0 aliphatic heterocycles. The minimum Gasteiger partial charge on any atom is -0.444 e. The lowest BCUT2D eigenvalue weighted by atomic mass is 10.2. The molecule has 1 N–H and O–H groups in total. The van der Waals surface area contributed by atoms with E-state index in [4.69, 9.17) is 4.74 Å². The molecule has 1 fully saturated rings. The van der Waals surface area contributed by atoms with Crippen molar-refractivity contribution in [3.8, 4) is 11.8 Å². The van der Waals surface area contributed by atoms with Crippen molar-refractivity contribution in [3.63, 3.8) is 0 Å². The Morgan fingerprint density at radius 1 is 1.56 bits per heavy atom. The largest absolute Gasteiger partial charge is 0.444 e. The third-order valence-corrected chi connectivity index (χ3v) is 2.92. The Bertz CT molecular complexity index is 501. The van der Waals surface area contributed by atoms with E-state index in [1.165, 1.54) is 24.2 Å². The standard InChI is InChI=1S/C13H16N2O2S/c1-13(2,3)17-12(16)15-11-14-8-10(18-11)7-6-9-4-5-9/h8-9H,4-5H2,1-3H3,(H,14,15,16). The van der Waals surface area contributed by atoms with Crippen molar-refractivity contribution in [2.45, 2.75) is 39.2 Å². The van der Waals surface area contributed by atoms with E-state index in [1.54, 1.807) is 6.20 Å². The maximum absolute atomic E-state index is 11.5. The maximum Gasteiger partial charge on any atom is 0.413 e. The fourth-order valence-corrected chi connectivity index (χ4v) is 1.84. The van der Waals surface area contributed by atoms with Crippen LogP contribution in [0.15, 0.2) is 6.20 Å². The monoisotopic (exact) mass is 264 g/mol. The highest BCUT2D eigenvalue weighted by molar-refractivity contribution is 7.16. The third kappa shape index (κ3) is 4.38. The van der Waals surface area contributed by atoms with Crippen LogP contribution in [0.1, 0.15) is 38.5 Å². The molecule has 0 radical (unpaired) electrons. The SMILES string of the molecule is CC(C)(C)OC(=O)Nc1ncc(C#CC2CC2)s1. The van der Waals surface area contributed by atoms with Crippen LogP contribution in [0, 0.1) is 17.8 Å². The minimum absolute atomic E-state index is 0.487. The van der Waals surface area contributed by atoms with Crippen LogP contribution in [0.25, 0.3) is 0 Å². The number of nitrogens with zero attached hydrogens (tertiary/aromatic N) is 1. The zero-order valence-electron chi connectivity index (χ0n) is 10.7. The summed E-state index contributed by atoms with van der Waals surface area (Å²) in [5, 5.41) is 3.12. The van der Waals surface area contributed by atoms with Gasteiger partial charge in [-0.15, -0.1) is 0 Å². The smallest absolute Gasteiger partial charge is 0.413 e. The van der Waals surface area contributed by atoms with E-state index in [0.717, 1.165) is 4.88 Å². The highest BCUT2D eigenvalue weighted by Gasteiger charge is 2.18. The van der Waals surface area contributed by atoms with Gasteiger partial charge in [0.15, 0.2) is 5.13 Å². The molecule has 1 saturated carbocycles. The quantitative estimate of drug-likeness (QED) is 0.792. The molecule has 4 nitrogen and oxygen atoms in total. The van der Waals surface area contributed by atoms with E-state index >= 15 is 0 Å². The second-order valence-electron chi connectivity index (χ2n) is 5.20. The first-order valence-corrected chi connectivity index (χ1v) is 6.71. The van der Waals surface area contributed by atoms with E-state index in [-0.39, 0.29) is 0 Å². The molecule has 5 heteroatoms. The normalized spacial score (nSPS) is 14.6. The highest BCUT2D eigenvalue weighted by Crippen LogP contribution is 2.28. The van der Waals surface area contributed by atoms with E-state index in [9.17, 15) is 4.79 Å². The van der Waals surface area contributed by atoms with Crippen LogP contribution in [0.5, 0.6) is 0 Å². The van der Waals surface area contributed by atoms with Crippen LogP contribution in [-0.4, -0.2) is 16.7 Å². The number of thiazole rings is 1. The fraction of sp³-hybridized carbons (Fsp3) is 0.538. The van der Waals surface area contributed by atoms with Crippen molar-refractivity contribution in [2.24, 2.45) is 5.92 Å². The van der Waals surface area contributed by atoms with Crippen molar-refractivity contribution in [3.05, 3.63) is 11.1 Å². The lowest BCUT2D eigenvalue weighted by molar-refractivity contribution is 0.0636. The van der Waals surface area contributed by atoms with Gasteiger partial charge in [0.25, 0.3) is 0 Å². The molecule has 1 aliphatic rings. The van der Waals surface area contributed by atoms with E-state index < -0.39 is 11.7 Å². The Balaban J connectivity index is 1.90. The molecular weight excluding hydrogens is 248 g/mol. The average molecular weight is 264 g/mol. The van der Waals surface area contributed by atoms with Crippen molar-refractivity contribution in [2.75, 3.05) is 5.32 Å². The number of rotatable bonds is 1. The summed E-state index contributed by atoms with van der Waals surface area (Å²) in [7, 11) is 0. The number of aromatic nitrogens is 1. The molecule has 0 bridgehead atoms. The molecule has 1 aromatic rings. The second kappa shape index (κ2) is 4.99. The topological polar surface area (TPSA) is 51.2 Å². The van der Waals surface area contributed by atoms with Gasteiger partial charge >= 0.3 is 6.09 Å². The summed E-state index contributed by atoms with van der Waals surface area (Å²) in [5.74, 6) is 6.78. The van der Waals surface area contributed by atoms with Crippen LogP contribution < -0.4 is 5.32 Å². The molecule has 0 saturated heterocycles. The van der Waals surface area contributed by atoms with Crippen LogP contribution in [0.3, 0.4) is 0 Å². The molecule has 0 aromatic carbocycles. The highest BCUT2D eigenvalue weighted by atomic mass is 32.1. The lowest BCUT2D eigenvalue weighted by Gasteiger charge is -2.18. The van der Waals surface area contributed by atoms with Gasteiger partial charge in [-0.25, -0.2) is 9.78 Å². The number of carbonyl (C=O) groups is 1. The fourth-order valence-electron chi connectivity index (χ4n) is 1.18. The number of anilines is 1. The summed E-state index contributed by atoms with van der Waals surface area (Å²) >= 11 is 1.36. The summed E-state index contributed by atoms with van der Waals surface area (Å²) < 4.78 is 5.14. The van der Waals surface area contributed by atoms with Gasteiger partial charge in [-0.1, -0.05) is 23.2 Å². The van der Waals surface area contributed by atoms with Gasteiger partial charge in [0.1, 0.15) is 5.60 Å². The van der Waals surface area contributed by atoms with Crippen molar-refractivity contribution < 1.29 is 9.53 Å². The molecule has 1 amide bonds. The van der Waals surface area contributed by atoms with Crippen molar-refractivity contribution in [1.82, 2.24) is 4.98 Å².